The third-order valence-corrected chi connectivity index (χ3v) is 2.09. The second-order valence-corrected chi connectivity index (χ2v) is 3.93. The Kier molecular flexibility index (Phi) is 4.35. The second kappa shape index (κ2) is 5.34. The fourth-order valence-electron chi connectivity index (χ4n) is 0.916. The van der Waals surface area contributed by atoms with Gasteiger partial charge in [-0.1, -0.05) is 15.9 Å². The van der Waals surface area contributed by atoms with Crippen molar-refractivity contribution in [1.29, 1.82) is 0 Å². The molecular weight excluding hydrogens is 287 g/mol. The molecule has 0 unspecified atom stereocenters. The van der Waals surface area contributed by atoms with Gasteiger partial charge in [-0.3, -0.25) is 0 Å². The van der Waals surface area contributed by atoms with Crippen molar-refractivity contribution >= 4 is 27.5 Å². The van der Waals surface area contributed by atoms with Gasteiger partial charge >= 0.3 is 6.18 Å². The highest BCUT2D eigenvalue weighted by Crippen LogP contribution is 2.18. The Hall–Kier alpha value is -1.04. The number of aliphatic imine (C=N–C) groups is 1. The lowest BCUT2D eigenvalue weighted by Crippen LogP contribution is -2.18. The molecule has 0 saturated heterocycles. The molecule has 1 aromatic rings. The first-order chi connectivity index (χ1) is 7.37. The molecule has 0 bridgehead atoms. The Labute approximate surface area is 99.3 Å². The molecular formula is C10H9BrF3NO. The van der Waals surface area contributed by atoms with Gasteiger partial charge in [0.05, 0.1) is 5.69 Å². The van der Waals surface area contributed by atoms with Crippen molar-refractivity contribution in [2.75, 3.05) is 6.61 Å². The van der Waals surface area contributed by atoms with Crippen LogP contribution in [0.25, 0.3) is 0 Å². The van der Waals surface area contributed by atoms with E-state index in [1.54, 1.807) is 24.3 Å². The third kappa shape index (κ3) is 5.16. The number of benzene rings is 1. The quantitative estimate of drug-likeness (QED) is 0.595. The second-order valence-electron chi connectivity index (χ2n) is 3.01. The Morgan fingerprint density at radius 1 is 1.31 bits per heavy atom. The van der Waals surface area contributed by atoms with Crippen molar-refractivity contribution < 1.29 is 17.9 Å². The number of halogens is 4. The Balaban J connectivity index is 2.59. The predicted octanol–water partition coefficient (Wildman–Crippen LogP) is 4.08. The van der Waals surface area contributed by atoms with Gasteiger partial charge in [-0.05, 0) is 24.3 Å². The van der Waals surface area contributed by atoms with Crippen molar-refractivity contribution in [3.63, 3.8) is 0 Å². The van der Waals surface area contributed by atoms with Crippen LogP contribution in [0.3, 0.4) is 0 Å². The lowest BCUT2D eigenvalue weighted by Gasteiger charge is -2.08. The van der Waals surface area contributed by atoms with E-state index in [1.807, 2.05) is 0 Å². The molecule has 0 atom stereocenters. The molecule has 0 aliphatic carbocycles. The highest BCUT2D eigenvalue weighted by atomic mass is 79.9. The zero-order valence-electron chi connectivity index (χ0n) is 8.38. The summed E-state index contributed by atoms with van der Waals surface area (Å²) in [4.78, 5) is 3.88. The maximum atomic E-state index is 11.8. The van der Waals surface area contributed by atoms with E-state index < -0.39 is 12.8 Å². The average Bonchev–Trinajstić information content (AvgIpc) is 2.18. The molecule has 6 heteroatoms. The van der Waals surface area contributed by atoms with E-state index in [1.165, 1.54) is 6.92 Å². The van der Waals surface area contributed by atoms with Crippen LogP contribution >= 0.6 is 15.9 Å². The molecule has 0 aliphatic rings. The maximum absolute atomic E-state index is 11.8. The van der Waals surface area contributed by atoms with E-state index in [4.69, 9.17) is 0 Å². The molecule has 1 rings (SSSR count). The van der Waals surface area contributed by atoms with Crippen LogP contribution in [0.1, 0.15) is 6.92 Å². The summed E-state index contributed by atoms with van der Waals surface area (Å²) in [6.07, 6.45) is -4.34. The fraction of sp³-hybridized carbons (Fsp3) is 0.300. The Bertz CT molecular complexity index is 373. The van der Waals surface area contributed by atoms with Crippen molar-refractivity contribution in [3.05, 3.63) is 28.7 Å². The number of ether oxygens (including phenoxy) is 1. The van der Waals surface area contributed by atoms with Crippen LogP contribution in [-0.4, -0.2) is 18.7 Å². The molecule has 16 heavy (non-hydrogen) atoms. The Morgan fingerprint density at radius 2 is 1.88 bits per heavy atom. The first-order valence-corrected chi connectivity index (χ1v) is 5.16. The summed E-state index contributed by atoms with van der Waals surface area (Å²) >= 11 is 3.24. The van der Waals surface area contributed by atoms with Crippen molar-refractivity contribution in [2.45, 2.75) is 13.1 Å². The summed E-state index contributed by atoms with van der Waals surface area (Å²) in [6.45, 7) is 0.0621. The molecule has 0 fully saturated rings. The molecule has 1 aromatic carbocycles. The van der Waals surface area contributed by atoms with Crippen LogP contribution in [0.2, 0.25) is 0 Å². The third-order valence-electron chi connectivity index (χ3n) is 1.56. The minimum absolute atomic E-state index is 0.0142. The number of rotatable bonds is 2. The highest BCUT2D eigenvalue weighted by Gasteiger charge is 2.28. The minimum Gasteiger partial charge on any atom is -0.471 e. The summed E-state index contributed by atoms with van der Waals surface area (Å²) in [5.41, 5.74) is 0.544. The van der Waals surface area contributed by atoms with E-state index in [2.05, 4.69) is 25.7 Å². The first kappa shape index (κ1) is 13.0. The van der Waals surface area contributed by atoms with Crippen molar-refractivity contribution in [3.8, 4) is 0 Å². The van der Waals surface area contributed by atoms with E-state index in [-0.39, 0.29) is 5.90 Å². The number of hydrogen-bond donors (Lipinski definition) is 0. The lowest BCUT2D eigenvalue weighted by molar-refractivity contribution is -0.156. The van der Waals surface area contributed by atoms with Gasteiger partial charge in [0.25, 0.3) is 0 Å². The average molecular weight is 296 g/mol. The van der Waals surface area contributed by atoms with Gasteiger partial charge in [0.15, 0.2) is 12.5 Å². The highest BCUT2D eigenvalue weighted by molar-refractivity contribution is 9.10. The maximum Gasteiger partial charge on any atom is 0.422 e. The topological polar surface area (TPSA) is 21.6 Å². The largest absolute Gasteiger partial charge is 0.471 e. The van der Waals surface area contributed by atoms with Crippen molar-refractivity contribution in [1.82, 2.24) is 0 Å². The van der Waals surface area contributed by atoms with Crippen LogP contribution in [0.15, 0.2) is 33.7 Å². The van der Waals surface area contributed by atoms with Gasteiger partial charge in [0.2, 0.25) is 0 Å². The first-order valence-electron chi connectivity index (χ1n) is 4.37. The normalized spacial score (nSPS) is 12.7. The standard InChI is InChI=1S/C10H9BrF3NO/c1-7(16-6-10(12,13)14)15-9-4-2-8(11)3-5-9/h2-5H,6H2,1H3. The van der Waals surface area contributed by atoms with Crippen LogP contribution in [0, 0.1) is 0 Å². The zero-order valence-corrected chi connectivity index (χ0v) is 9.97. The predicted molar refractivity (Wildman–Crippen MR) is 58.9 cm³/mol. The number of nitrogens with zero attached hydrogens (tertiary/aromatic N) is 1. The van der Waals surface area contributed by atoms with Crippen LogP contribution in [0.4, 0.5) is 18.9 Å². The van der Waals surface area contributed by atoms with Gasteiger partial charge in [-0.2, -0.15) is 13.2 Å². The van der Waals surface area contributed by atoms with Gasteiger partial charge in [0.1, 0.15) is 0 Å². The SMILES string of the molecule is CC(=Nc1ccc(Br)cc1)OCC(F)(F)F. The fourth-order valence-corrected chi connectivity index (χ4v) is 1.18. The van der Waals surface area contributed by atoms with Crippen LogP contribution in [-0.2, 0) is 4.74 Å². The van der Waals surface area contributed by atoms with Gasteiger partial charge in [-0.15, -0.1) is 0 Å². The number of hydrogen-bond acceptors (Lipinski definition) is 2. The van der Waals surface area contributed by atoms with Crippen LogP contribution in [0.5, 0.6) is 0 Å². The molecule has 0 spiro atoms. The lowest BCUT2D eigenvalue weighted by atomic mass is 10.3. The zero-order chi connectivity index (χ0) is 12.2. The summed E-state index contributed by atoms with van der Waals surface area (Å²) in [7, 11) is 0. The summed E-state index contributed by atoms with van der Waals surface area (Å²) in [6, 6.07) is 6.83. The molecule has 0 aliphatic heterocycles. The Morgan fingerprint density at radius 3 is 2.38 bits per heavy atom. The van der Waals surface area contributed by atoms with Crippen molar-refractivity contribution in [2.24, 2.45) is 4.99 Å². The van der Waals surface area contributed by atoms with Gasteiger partial charge in [-0.25, -0.2) is 4.99 Å². The smallest absolute Gasteiger partial charge is 0.422 e. The van der Waals surface area contributed by atoms with Crippen LogP contribution < -0.4 is 0 Å². The molecule has 0 saturated carbocycles. The van der Waals surface area contributed by atoms with Gasteiger partial charge in [0, 0.05) is 11.4 Å². The number of alkyl halides is 3. The van der Waals surface area contributed by atoms with Gasteiger partial charge < -0.3 is 4.74 Å². The molecule has 0 radical (unpaired) electrons. The van der Waals surface area contributed by atoms with E-state index in [0.29, 0.717) is 5.69 Å². The van der Waals surface area contributed by atoms with E-state index >= 15 is 0 Å². The summed E-state index contributed by atoms with van der Waals surface area (Å²) < 4.78 is 40.8. The van der Waals surface area contributed by atoms with E-state index in [9.17, 15) is 13.2 Å². The summed E-state index contributed by atoms with van der Waals surface area (Å²) in [5, 5.41) is 0. The monoisotopic (exact) mass is 295 g/mol. The molecule has 2 nitrogen and oxygen atoms in total. The minimum atomic E-state index is -4.34. The molecule has 88 valence electrons. The molecule has 0 N–H and O–H groups in total. The molecule has 0 amide bonds. The molecule has 0 aromatic heterocycles. The molecule has 0 heterocycles. The van der Waals surface area contributed by atoms with E-state index in [0.717, 1.165) is 4.47 Å². The summed E-state index contributed by atoms with van der Waals surface area (Å²) in [5.74, 6) is -0.0142.